The maximum absolute atomic E-state index is 11.7. The molecule has 0 bridgehead atoms. The van der Waals surface area contributed by atoms with Crippen molar-refractivity contribution in [3.63, 3.8) is 0 Å². The van der Waals surface area contributed by atoms with Crippen molar-refractivity contribution in [2.45, 2.75) is 17.7 Å². The van der Waals surface area contributed by atoms with E-state index in [4.69, 9.17) is 39.5 Å². The number of halogens is 3. The fourth-order valence-corrected chi connectivity index (χ4v) is 2.17. The Morgan fingerprint density at radius 2 is 1.95 bits per heavy atom. The lowest BCUT2D eigenvalue weighted by atomic mass is 10.0. The predicted molar refractivity (Wildman–Crippen MR) is 80.8 cm³/mol. The molecule has 0 N–H and O–H groups in total. The van der Waals surface area contributed by atoms with Crippen LogP contribution in [0.25, 0.3) is 5.57 Å². The molecular formula is C14H15Cl3O2. The molecule has 0 saturated carbocycles. The zero-order chi connectivity index (χ0) is 14.3. The van der Waals surface area contributed by atoms with Gasteiger partial charge in [-0.25, -0.2) is 4.79 Å². The number of carbonyl (C=O) groups is 1. The van der Waals surface area contributed by atoms with Gasteiger partial charge < -0.3 is 4.74 Å². The van der Waals surface area contributed by atoms with Crippen LogP contribution >= 0.6 is 34.8 Å². The lowest BCUT2D eigenvalue weighted by Gasteiger charge is -2.19. The monoisotopic (exact) mass is 320 g/mol. The van der Waals surface area contributed by atoms with Gasteiger partial charge in [0.1, 0.15) is 0 Å². The SMILES string of the molecule is CCOC(=O)C(Cl)(Cl)C/C(=C/CCl)c1ccccc1. The molecule has 1 aromatic carbocycles. The van der Waals surface area contributed by atoms with E-state index in [9.17, 15) is 4.79 Å². The lowest BCUT2D eigenvalue weighted by molar-refractivity contribution is -0.143. The van der Waals surface area contributed by atoms with Crippen LogP contribution < -0.4 is 0 Å². The van der Waals surface area contributed by atoms with Gasteiger partial charge in [-0.1, -0.05) is 59.6 Å². The Bertz CT molecular complexity index is 441. The van der Waals surface area contributed by atoms with Crippen molar-refractivity contribution in [3.05, 3.63) is 42.0 Å². The Kier molecular flexibility index (Phi) is 6.70. The van der Waals surface area contributed by atoms with Gasteiger partial charge in [-0.15, -0.1) is 11.6 Å². The first kappa shape index (κ1) is 16.4. The van der Waals surface area contributed by atoms with E-state index in [-0.39, 0.29) is 13.0 Å². The molecule has 0 fully saturated rings. The van der Waals surface area contributed by atoms with Gasteiger partial charge >= 0.3 is 5.97 Å². The van der Waals surface area contributed by atoms with Gasteiger partial charge in [0.05, 0.1) is 6.61 Å². The lowest BCUT2D eigenvalue weighted by Crippen LogP contribution is -2.28. The smallest absolute Gasteiger partial charge is 0.342 e. The quantitative estimate of drug-likeness (QED) is 0.572. The number of rotatable bonds is 6. The third-order valence-electron chi connectivity index (χ3n) is 2.45. The van der Waals surface area contributed by atoms with Crippen LogP contribution in [0.15, 0.2) is 36.4 Å². The molecule has 104 valence electrons. The van der Waals surface area contributed by atoms with Gasteiger partial charge in [-0.3, -0.25) is 0 Å². The van der Waals surface area contributed by atoms with E-state index < -0.39 is 10.3 Å². The van der Waals surface area contributed by atoms with E-state index in [1.54, 1.807) is 13.0 Å². The molecule has 0 aromatic heterocycles. The first-order valence-corrected chi connectivity index (χ1v) is 7.15. The molecule has 0 unspecified atom stereocenters. The second-order valence-corrected chi connectivity index (χ2v) is 5.64. The first-order valence-electron chi connectivity index (χ1n) is 5.86. The predicted octanol–water partition coefficient (Wildman–Crippen LogP) is 4.44. The zero-order valence-corrected chi connectivity index (χ0v) is 12.8. The molecule has 0 aliphatic rings. The van der Waals surface area contributed by atoms with Crippen molar-refractivity contribution in [1.82, 2.24) is 0 Å². The molecule has 19 heavy (non-hydrogen) atoms. The van der Waals surface area contributed by atoms with Crippen LogP contribution in [-0.4, -0.2) is 22.8 Å². The number of ether oxygens (including phenoxy) is 1. The van der Waals surface area contributed by atoms with Crippen molar-refractivity contribution in [1.29, 1.82) is 0 Å². The summed E-state index contributed by atoms with van der Waals surface area (Å²) in [5, 5.41) is 0. The highest BCUT2D eigenvalue weighted by Gasteiger charge is 2.36. The average molecular weight is 322 g/mol. The highest BCUT2D eigenvalue weighted by Crippen LogP contribution is 2.34. The third kappa shape index (κ3) is 5.06. The highest BCUT2D eigenvalue weighted by molar-refractivity contribution is 6.57. The van der Waals surface area contributed by atoms with Gasteiger partial charge in [-0.05, 0) is 18.1 Å². The van der Waals surface area contributed by atoms with Crippen LogP contribution in [0.2, 0.25) is 0 Å². The summed E-state index contributed by atoms with van der Waals surface area (Å²) < 4.78 is 3.25. The fourth-order valence-electron chi connectivity index (χ4n) is 1.59. The molecule has 2 nitrogen and oxygen atoms in total. The van der Waals surface area contributed by atoms with Gasteiger partial charge in [0.25, 0.3) is 0 Å². The average Bonchev–Trinajstić information content (AvgIpc) is 2.39. The van der Waals surface area contributed by atoms with Gasteiger partial charge in [0.15, 0.2) is 0 Å². The Labute approximate surface area is 128 Å². The van der Waals surface area contributed by atoms with E-state index in [0.717, 1.165) is 11.1 Å². The van der Waals surface area contributed by atoms with Crippen LogP contribution in [0, 0.1) is 0 Å². The standard InChI is InChI=1S/C14H15Cl3O2/c1-2-19-13(18)14(16,17)10-12(8-9-15)11-6-4-3-5-7-11/h3-8H,2,9-10H2,1H3/b12-8-. The highest BCUT2D eigenvalue weighted by atomic mass is 35.5. The molecule has 0 atom stereocenters. The number of benzene rings is 1. The minimum atomic E-state index is -1.61. The number of hydrogen-bond acceptors (Lipinski definition) is 2. The summed E-state index contributed by atoms with van der Waals surface area (Å²) in [4.78, 5) is 11.7. The molecule has 0 spiro atoms. The minimum Gasteiger partial charge on any atom is -0.464 e. The van der Waals surface area contributed by atoms with Crippen LogP contribution in [-0.2, 0) is 9.53 Å². The normalized spacial score (nSPS) is 12.3. The second-order valence-electron chi connectivity index (χ2n) is 3.85. The summed E-state index contributed by atoms with van der Waals surface area (Å²) >= 11 is 17.8. The summed E-state index contributed by atoms with van der Waals surface area (Å²) in [5.41, 5.74) is 1.74. The minimum absolute atomic E-state index is 0.145. The Morgan fingerprint density at radius 1 is 1.32 bits per heavy atom. The van der Waals surface area contributed by atoms with Gasteiger partial charge in [-0.2, -0.15) is 0 Å². The van der Waals surface area contributed by atoms with Crippen molar-refractivity contribution in [3.8, 4) is 0 Å². The van der Waals surface area contributed by atoms with E-state index in [1.807, 2.05) is 30.3 Å². The number of allylic oxidation sites excluding steroid dienone is 2. The Balaban J connectivity index is 2.92. The van der Waals surface area contributed by atoms with E-state index in [2.05, 4.69) is 0 Å². The van der Waals surface area contributed by atoms with Gasteiger partial charge in [0.2, 0.25) is 4.33 Å². The summed E-state index contributed by atoms with van der Waals surface area (Å²) in [6.07, 6.45) is 1.93. The number of alkyl halides is 3. The zero-order valence-electron chi connectivity index (χ0n) is 10.5. The van der Waals surface area contributed by atoms with E-state index >= 15 is 0 Å². The number of esters is 1. The van der Waals surface area contributed by atoms with Crippen molar-refractivity contribution in [2.24, 2.45) is 0 Å². The maximum atomic E-state index is 11.7. The summed E-state index contributed by atoms with van der Waals surface area (Å²) in [7, 11) is 0. The topological polar surface area (TPSA) is 26.3 Å². The summed E-state index contributed by atoms with van der Waals surface area (Å²) in [6.45, 7) is 1.94. The van der Waals surface area contributed by atoms with Crippen molar-refractivity contribution < 1.29 is 9.53 Å². The molecule has 0 amide bonds. The molecule has 0 saturated heterocycles. The van der Waals surface area contributed by atoms with Crippen LogP contribution in [0.5, 0.6) is 0 Å². The van der Waals surface area contributed by atoms with Crippen molar-refractivity contribution in [2.75, 3.05) is 12.5 Å². The largest absolute Gasteiger partial charge is 0.464 e. The van der Waals surface area contributed by atoms with Crippen LogP contribution in [0.1, 0.15) is 18.9 Å². The fraction of sp³-hybridized carbons (Fsp3) is 0.357. The molecule has 1 rings (SSSR count). The molecular weight excluding hydrogens is 307 g/mol. The van der Waals surface area contributed by atoms with E-state index in [1.165, 1.54) is 0 Å². The van der Waals surface area contributed by atoms with E-state index in [0.29, 0.717) is 5.88 Å². The third-order valence-corrected chi connectivity index (χ3v) is 3.18. The Morgan fingerprint density at radius 3 is 2.47 bits per heavy atom. The second kappa shape index (κ2) is 7.78. The molecule has 1 aromatic rings. The molecule has 0 radical (unpaired) electrons. The number of carbonyl (C=O) groups excluding carboxylic acids is 1. The Hall–Kier alpha value is -0.700. The molecule has 0 heterocycles. The molecule has 0 aliphatic carbocycles. The van der Waals surface area contributed by atoms with Crippen LogP contribution in [0.4, 0.5) is 0 Å². The van der Waals surface area contributed by atoms with Gasteiger partial charge in [0, 0.05) is 12.3 Å². The molecule has 0 aliphatic heterocycles. The van der Waals surface area contributed by atoms with Crippen LogP contribution in [0.3, 0.4) is 0 Å². The van der Waals surface area contributed by atoms with Crippen molar-refractivity contribution >= 4 is 46.3 Å². The summed E-state index contributed by atoms with van der Waals surface area (Å²) in [5.74, 6) is -0.327. The number of hydrogen-bond donors (Lipinski definition) is 0. The maximum Gasteiger partial charge on any atom is 0.342 e. The summed E-state index contributed by atoms with van der Waals surface area (Å²) in [6, 6.07) is 9.51. The molecule has 5 heteroatoms. The first-order chi connectivity index (χ1) is 9.01.